The summed E-state index contributed by atoms with van der Waals surface area (Å²) in [6.45, 7) is 12.5. The van der Waals surface area contributed by atoms with E-state index in [0.717, 1.165) is 37.9 Å². The number of hydrogen-bond donors (Lipinski definition) is 1. The van der Waals surface area contributed by atoms with Crippen LogP contribution in [-0.4, -0.2) is 68.0 Å². The number of likely N-dealkylation sites (tertiary alicyclic amines) is 1. The first-order valence-electron chi connectivity index (χ1n) is 11.1. The third-order valence-electron chi connectivity index (χ3n) is 6.29. The number of aryl methyl sites for hydroxylation is 2. The van der Waals surface area contributed by atoms with Gasteiger partial charge in [-0.2, -0.15) is 4.31 Å². The van der Waals surface area contributed by atoms with Crippen molar-refractivity contribution in [2.24, 2.45) is 17.8 Å². The molecule has 2 fully saturated rings. The molecule has 1 aromatic rings. The molecular weight excluding hydrogens is 404 g/mol. The van der Waals surface area contributed by atoms with Gasteiger partial charge in [0.25, 0.3) is 0 Å². The molecule has 0 unspecified atom stereocenters. The summed E-state index contributed by atoms with van der Waals surface area (Å²) in [6, 6.07) is 0. The van der Waals surface area contributed by atoms with Crippen molar-refractivity contribution >= 4 is 15.9 Å². The molecular formula is C21H36N4O4S. The van der Waals surface area contributed by atoms with Gasteiger partial charge >= 0.3 is 0 Å². The van der Waals surface area contributed by atoms with Crippen LogP contribution in [0.25, 0.3) is 0 Å². The average Bonchev–Trinajstić information content (AvgIpc) is 3.03. The number of carbonyl (C=O) groups excluding carboxylic acids is 1. The third-order valence-corrected chi connectivity index (χ3v) is 8.43. The van der Waals surface area contributed by atoms with Crippen molar-refractivity contribution in [2.45, 2.75) is 58.3 Å². The van der Waals surface area contributed by atoms with Crippen LogP contribution in [0.15, 0.2) is 9.42 Å². The van der Waals surface area contributed by atoms with Gasteiger partial charge in [-0.05, 0) is 57.9 Å². The minimum Gasteiger partial charge on any atom is -0.360 e. The Labute approximate surface area is 180 Å². The highest BCUT2D eigenvalue weighted by Crippen LogP contribution is 2.27. The largest absolute Gasteiger partial charge is 0.360 e. The summed E-state index contributed by atoms with van der Waals surface area (Å²) in [6.07, 6.45) is 3.33. The molecule has 0 bridgehead atoms. The van der Waals surface area contributed by atoms with Gasteiger partial charge in [-0.15, -0.1) is 0 Å². The van der Waals surface area contributed by atoms with Gasteiger partial charge < -0.3 is 14.7 Å². The lowest BCUT2D eigenvalue weighted by Gasteiger charge is -2.35. The van der Waals surface area contributed by atoms with Crippen LogP contribution >= 0.6 is 0 Å². The third kappa shape index (κ3) is 5.42. The number of aromatic nitrogens is 1. The molecule has 0 aliphatic carbocycles. The number of sulfonamides is 1. The molecule has 3 heterocycles. The van der Waals surface area contributed by atoms with Gasteiger partial charge in [-0.3, -0.25) is 4.79 Å². The second-order valence-electron chi connectivity index (χ2n) is 9.18. The summed E-state index contributed by atoms with van der Waals surface area (Å²) in [4.78, 5) is 15.2. The minimum atomic E-state index is -3.63. The normalized spacial score (nSPS) is 24.8. The lowest BCUT2D eigenvalue weighted by atomic mass is 9.92. The van der Waals surface area contributed by atoms with E-state index < -0.39 is 10.0 Å². The molecule has 2 saturated heterocycles. The van der Waals surface area contributed by atoms with E-state index in [9.17, 15) is 13.2 Å². The number of amides is 1. The molecule has 1 amide bonds. The number of rotatable bonds is 7. The maximum atomic E-state index is 12.9. The molecule has 2 aliphatic rings. The van der Waals surface area contributed by atoms with Gasteiger partial charge in [-0.1, -0.05) is 19.0 Å². The predicted octanol–water partition coefficient (Wildman–Crippen LogP) is 2.18. The molecule has 2 aliphatic heterocycles. The summed E-state index contributed by atoms with van der Waals surface area (Å²) in [5.41, 5.74) is 0.379. The Morgan fingerprint density at radius 2 is 1.80 bits per heavy atom. The molecule has 9 heteroatoms. The fraction of sp³-hybridized carbons (Fsp3) is 0.810. The second-order valence-corrected chi connectivity index (χ2v) is 11.1. The fourth-order valence-corrected chi connectivity index (χ4v) is 6.72. The Morgan fingerprint density at radius 1 is 1.17 bits per heavy atom. The van der Waals surface area contributed by atoms with Crippen molar-refractivity contribution in [3.63, 3.8) is 0 Å². The molecule has 30 heavy (non-hydrogen) atoms. The maximum Gasteiger partial charge on any atom is 0.248 e. The number of nitrogens with zero attached hydrogens (tertiary/aromatic N) is 3. The van der Waals surface area contributed by atoms with Gasteiger partial charge in [0.05, 0.1) is 0 Å². The quantitative estimate of drug-likeness (QED) is 0.653. The van der Waals surface area contributed by atoms with Crippen molar-refractivity contribution in [1.29, 1.82) is 0 Å². The van der Waals surface area contributed by atoms with Crippen LogP contribution in [0.5, 0.6) is 0 Å². The molecule has 1 aromatic heterocycles. The smallest absolute Gasteiger partial charge is 0.248 e. The lowest BCUT2D eigenvalue weighted by Crippen LogP contribution is -2.44. The van der Waals surface area contributed by atoms with Crippen LogP contribution in [0.2, 0.25) is 0 Å². The molecule has 2 atom stereocenters. The molecule has 170 valence electrons. The van der Waals surface area contributed by atoms with Crippen LogP contribution in [0.3, 0.4) is 0 Å². The van der Waals surface area contributed by atoms with Gasteiger partial charge in [0, 0.05) is 38.6 Å². The molecule has 8 nitrogen and oxygen atoms in total. The van der Waals surface area contributed by atoms with Gasteiger partial charge in [0.15, 0.2) is 5.76 Å². The highest BCUT2D eigenvalue weighted by Gasteiger charge is 2.35. The van der Waals surface area contributed by atoms with E-state index in [1.54, 1.807) is 13.8 Å². The Kier molecular flexibility index (Phi) is 7.57. The summed E-state index contributed by atoms with van der Waals surface area (Å²) in [5, 5.41) is 6.81. The number of piperidine rings is 2. The van der Waals surface area contributed by atoms with E-state index in [1.807, 2.05) is 0 Å². The SMILES string of the molecule is Cc1noc(C)c1S(=O)(=O)N1CCC(C(=O)NCCCN2C[C@@H](C)C[C@H](C)C2)CC1. The minimum absolute atomic E-state index is 0.0461. The number of nitrogens with one attached hydrogen (secondary N) is 1. The van der Waals surface area contributed by atoms with E-state index in [-0.39, 0.29) is 16.7 Å². The van der Waals surface area contributed by atoms with Crippen molar-refractivity contribution < 1.29 is 17.7 Å². The van der Waals surface area contributed by atoms with Crippen LogP contribution in [0.4, 0.5) is 0 Å². The van der Waals surface area contributed by atoms with Gasteiger partial charge in [0.2, 0.25) is 15.9 Å². The molecule has 3 rings (SSSR count). The zero-order chi connectivity index (χ0) is 21.9. The monoisotopic (exact) mass is 440 g/mol. The first kappa shape index (κ1) is 23.2. The van der Waals surface area contributed by atoms with Crippen molar-refractivity contribution in [2.75, 3.05) is 39.3 Å². The zero-order valence-electron chi connectivity index (χ0n) is 18.7. The Balaban J connectivity index is 1.41. The summed E-state index contributed by atoms with van der Waals surface area (Å²) < 4.78 is 32.3. The van der Waals surface area contributed by atoms with E-state index in [0.29, 0.717) is 43.9 Å². The number of hydrogen-bond acceptors (Lipinski definition) is 6. The predicted molar refractivity (Wildman–Crippen MR) is 114 cm³/mol. The molecule has 0 radical (unpaired) electrons. The maximum absolute atomic E-state index is 12.9. The number of carbonyl (C=O) groups is 1. The van der Waals surface area contributed by atoms with Gasteiger partial charge in [0.1, 0.15) is 10.6 Å². The van der Waals surface area contributed by atoms with Gasteiger partial charge in [-0.25, -0.2) is 8.42 Å². The van der Waals surface area contributed by atoms with Crippen LogP contribution in [-0.2, 0) is 14.8 Å². The second kappa shape index (κ2) is 9.78. The lowest BCUT2D eigenvalue weighted by molar-refractivity contribution is -0.126. The highest BCUT2D eigenvalue weighted by molar-refractivity contribution is 7.89. The first-order chi connectivity index (χ1) is 14.2. The van der Waals surface area contributed by atoms with E-state index >= 15 is 0 Å². The van der Waals surface area contributed by atoms with Crippen molar-refractivity contribution in [3.05, 3.63) is 11.5 Å². The molecule has 0 saturated carbocycles. The molecule has 0 spiro atoms. The van der Waals surface area contributed by atoms with Crippen LogP contribution < -0.4 is 5.32 Å². The van der Waals surface area contributed by atoms with E-state index in [4.69, 9.17) is 4.52 Å². The molecule has 1 N–H and O–H groups in total. The fourth-order valence-electron chi connectivity index (χ4n) is 4.96. The van der Waals surface area contributed by atoms with E-state index in [2.05, 4.69) is 29.2 Å². The summed E-state index contributed by atoms with van der Waals surface area (Å²) in [7, 11) is -3.63. The van der Waals surface area contributed by atoms with Crippen molar-refractivity contribution in [1.82, 2.24) is 19.7 Å². The first-order valence-corrected chi connectivity index (χ1v) is 12.6. The van der Waals surface area contributed by atoms with Crippen molar-refractivity contribution in [3.8, 4) is 0 Å². The van der Waals surface area contributed by atoms with Crippen LogP contribution in [0, 0.1) is 31.6 Å². The Morgan fingerprint density at radius 3 is 2.37 bits per heavy atom. The standard InChI is InChI=1S/C21H36N4O4S/c1-15-12-16(2)14-24(13-15)9-5-8-22-21(26)19-6-10-25(11-7-19)30(27,28)20-17(3)23-29-18(20)4/h15-16,19H,5-14H2,1-4H3,(H,22,26)/t15-,16-/m0/s1. The summed E-state index contributed by atoms with van der Waals surface area (Å²) in [5.74, 6) is 1.72. The van der Waals surface area contributed by atoms with E-state index in [1.165, 1.54) is 10.7 Å². The topological polar surface area (TPSA) is 95.8 Å². The Bertz CT molecular complexity index is 801. The molecule has 0 aromatic carbocycles. The van der Waals surface area contributed by atoms with Crippen LogP contribution in [0.1, 0.15) is 51.0 Å². The summed E-state index contributed by atoms with van der Waals surface area (Å²) >= 11 is 0. The zero-order valence-corrected chi connectivity index (χ0v) is 19.5. The Hall–Kier alpha value is -1.45. The highest BCUT2D eigenvalue weighted by atomic mass is 32.2. The average molecular weight is 441 g/mol.